The minimum Gasteiger partial charge on any atom is -0.494 e. The number of carbonyl (C=O) groups excluding carboxylic acids is 1. The first-order chi connectivity index (χ1) is 11.8. The second-order valence-electron chi connectivity index (χ2n) is 6.49. The maximum atomic E-state index is 12.0. The Morgan fingerprint density at radius 2 is 1.80 bits per heavy atom. The predicted octanol–water partition coefficient (Wildman–Crippen LogP) is 3.26. The average Bonchev–Trinajstić information content (AvgIpc) is 2.58. The van der Waals surface area contributed by atoms with Crippen molar-refractivity contribution in [3.8, 4) is 5.75 Å². The first kappa shape index (κ1) is 21.4. The summed E-state index contributed by atoms with van der Waals surface area (Å²) in [6.07, 6.45) is 5.08. The van der Waals surface area contributed by atoms with Crippen molar-refractivity contribution < 1.29 is 17.9 Å². The van der Waals surface area contributed by atoms with Crippen molar-refractivity contribution in [2.45, 2.75) is 52.9 Å². The van der Waals surface area contributed by atoms with Crippen LogP contribution in [0.1, 0.15) is 63.2 Å². The van der Waals surface area contributed by atoms with E-state index in [0.29, 0.717) is 24.3 Å². The smallest absolute Gasteiger partial charge is 0.266 e. The number of hydrogen-bond acceptors (Lipinski definition) is 4. The van der Waals surface area contributed by atoms with E-state index in [-0.39, 0.29) is 11.7 Å². The second kappa shape index (κ2) is 11.1. The van der Waals surface area contributed by atoms with Gasteiger partial charge in [0.05, 0.1) is 12.4 Å². The fraction of sp³-hybridized carbons (Fsp3) is 0.611. The van der Waals surface area contributed by atoms with E-state index in [1.165, 1.54) is 12.8 Å². The van der Waals surface area contributed by atoms with Crippen LogP contribution in [0, 0.1) is 5.92 Å². The minimum absolute atomic E-state index is 0.0181. The lowest BCUT2D eigenvalue weighted by molar-refractivity contribution is 0.0945. The maximum Gasteiger partial charge on any atom is 0.266 e. The SMILES string of the molecule is CCCCCCOc1ccc(C(=O)NNS(=O)(=O)CCC(C)C)cc1. The summed E-state index contributed by atoms with van der Waals surface area (Å²) < 4.78 is 29.2. The zero-order valence-electron chi connectivity index (χ0n) is 15.4. The van der Waals surface area contributed by atoms with Gasteiger partial charge in [-0.1, -0.05) is 40.0 Å². The number of unbranched alkanes of at least 4 members (excludes halogenated alkanes) is 3. The Hall–Kier alpha value is -1.60. The number of nitrogens with one attached hydrogen (secondary N) is 2. The largest absolute Gasteiger partial charge is 0.494 e. The quantitative estimate of drug-likeness (QED) is 0.437. The maximum absolute atomic E-state index is 12.0. The van der Waals surface area contributed by atoms with Gasteiger partial charge in [0, 0.05) is 5.56 Å². The molecule has 142 valence electrons. The Bertz CT molecular complexity index is 612. The third-order valence-electron chi connectivity index (χ3n) is 3.67. The summed E-state index contributed by atoms with van der Waals surface area (Å²) in [5, 5.41) is 0. The molecule has 0 fully saturated rings. The van der Waals surface area contributed by atoms with E-state index >= 15 is 0 Å². The van der Waals surface area contributed by atoms with E-state index in [1.54, 1.807) is 24.3 Å². The molecule has 0 radical (unpaired) electrons. The minimum atomic E-state index is -3.51. The zero-order valence-corrected chi connectivity index (χ0v) is 16.2. The molecule has 6 nitrogen and oxygen atoms in total. The summed E-state index contributed by atoms with van der Waals surface area (Å²) in [7, 11) is -3.51. The van der Waals surface area contributed by atoms with Crippen molar-refractivity contribution in [2.75, 3.05) is 12.4 Å². The summed E-state index contributed by atoms with van der Waals surface area (Å²) in [6.45, 7) is 6.71. The Morgan fingerprint density at radius 3 is 2.40 bits per heavy atom. The van der Waals surface area contributed by atoms with E-state index in [0.717, 1.165) is 12.8 Å². The number of amides is 1. The molecule has 0 saturated heterocycles. The molecule has 0 aliphatic heterocycles. The molecule has 1 aromatic rings. The van der Waals surface area contributed by atoms with Gasteiger partial charge in [-0.05, 0) is 43.0 Å². The van der Waals surface area contributed by atoms with Crippen LogP contribution in [0.25, 0.3) is 0 Å². The van der Waals surface area contributed by atoms with Gasteiger partial charge in [-0.15, -0.1) is 4.83 Å². The highest BCUT2D eigenvalue weighted by molar-refractivity contribution is 7.89. The van der Waals surface area contributed by atoms with Crippen LogP contribution in [0.4, 0.5) is 0 Å². The first-order valence-corrected chi connectivity index (χ1v) is 10.5. The second-order valence-corrected chi connectivity index (χ2v) is 8.33. The normalized spacial score (nSPS) is 11.5. The summed E-state index contributed by atoms with van der Waals surface area (Å²) in [4.78, 5) is 14.1. The third kappa shape index (κ3) is 9.45. The molecule has 0 spiro atoms. The van der Waals surface area contributed by atoms with Crippen molar-refractivity contribution in [1.29, 1.82) is 0 Å². The zero-order chi connectivity index (χ0) is 18.7. The van der Waals surface area contributed by atoms with Gasteiger partial charge in [0.25, 0.3) is 5.91 Å². The van der Waals surface area contributed by atoms with E-state index in [4.69, 9.17) is 4.74 Å². The molecule has 0 unspecified atom stereocenters. The van der Waals surface area contributed by atoms with Crippen LogP contribution in [-0.4, -0.2) is 26.7 Å². The third-order valence-corrected chi connectivity index (χ3v) is 4.85. The van der Waals surface area contributed by atoms with E-state index < -0.39 is 15.9 Å². The summed E-state index contributed by atoms with van der Waals surface area (Å²) >= 11 is 0. The fourth-order valence-corrected chi connectivity index (χ4v) is 3.19. The van der Waals surface area contributed by atoms with E-state index in [9.17, 15) is 13.2 Å². The molecule has 0 bridgehead atoms. The molecule has 1 amide bonds. The Labute approximate surface area is 151 Å². The van der Waals surface area contributed by atoms with Gasteiger partial charge < -0.3 is 4.74 Å². The van der Waals surface area contributed by atoms with Gasteiger partial charge in [0.15, 0.2) is 0 Å². The van der Waals surface area contributed by atoms with Gasteiger partial charge in [-0.25, -0.2) is 8.42 Å². The van der Waals surface area contributed by atoms with Crippen molar-refractivity contribution >= 4 is 15.9 Å². The molecule has 25 heavy (non-hydrogen) atoms. The molecular weight excluding hydrogens is 340 g/mol. The number of hydrazine groups is 1. The Kier molecular flexibility index (Phi) is 9.52. The average molecular weight is 371 g/mol. The molecule has 0 aliphatic carbocycles. The molecule has 0 saturated carbocycles. The standard InChI is InChI=1S/C18H30N2O4S/c1-4-5-6-7-13-24-17-10-8-16(9-11-17)18(21)19-20-25(22,23)14-12-15(2)3/h8-11,15,20H,4-7,12-14H2,1-3H3,(H,19,21). The highest BCUT2D eigenvalue weighted by Gasteiger charge is 2.13. The summed E-state index contributed by atoms with van der Waals surface area (Å²) in [5.41, 5.74) is 2.60. The number of rotatable bonds is 12. The lowest BCUT2D eigenvalue weighted by Gasteiger charge is -2.10. The molecule has 0 heterocycles. The van der Waals surface area contributed by atoms with Crippen molar-refractivity contribution in [3.63, 3.8) is 0 Å². The molecule has 0 aliphatic rings. The molecule has 0 aromatic heterocycles. The number of sulfonamides is 1. The Balaban J connectivity index is 2.41. The van der Waals surface area contributed by atoms with Crippen LogP contribution < -0.4 is 15.0 Å². The van der Waals surface area contributed by atoms with Crippen LogP contribution >= 0.6 is 0 Å². The molecule has 7 heteroatoms. The molecule has 0 atom stereocenters. The van der Waals surface area contributed by atoms with Gasteiger partial charge in [0.1, 0.15) is 5.75 Å². The molecule has 1 aromatic carbocycles. The van der Waals surface area contributed by atoms with E-state index in [2.05, 4.69) is 17.2 Å². The molecule has 1 rings (SSSR count). The van der Waals surface area contributed by atoms with Crippen LogP contribution in [0.15, 0.2) is 24.3 Å². The van der Waals surface area contributed by atoms with Crippen molar-refractivity contribution in [2.24, 2.45) is 5.92 Å². The highest BCUT2D eigenvalue weighted by atomic mass is 32.2. The summed E-state index contributed by atoms with van der Waals surface area (Å²) in [5.74, 6) is 0.463. The van der Waals surface area contributed by atoms with Crippen molar-refractivity contribution in [1.82, 2.24) is 10.3 Å². The van der Waals surface area contributed by atoms with Gasteiger partial charge in [-0.3, -0.25) is 10.2 Å². The molecule has 2 N–H and O–H groups in total. The van der Waals surface area contributed by atoms with Crippen LogP contribution in [0.2, 0.25) is 0 Å². The summed E-state index contributed by atoms with van der Waals surface area (Å²) in [6, 6.07) is 6.64. The molecular formula is C18H30N2O4S. The van der Waals surface area contributed by atoms with Crippen molar-refractivity contribution in [3.05, 3.63) is 29.8 Å². The number of benzene rings is 1. The monoisotopic (exact) mass is 370 g/mol. The van der Waals surface area contributed by atoms with Crippen LogP contribution in [0.5, 0.6) is 5.75 Å². The van der Waals surface area contributed by atoms with E-state index in [1.807, 2.05) is 13.8 Å². The lowest BCUT2D eigenvalue weighted by Crippen LogP contribution is -2.42. The fourth-order valence-electron chi connectivity index (χ4n) is 2.06. The lowest BCUT2D eigenvalue weighted by atomic mass is 10.2. The predicted molar refractivity (Wildman–Crippen MR) is 99.9 cm³/mol. The van der Waals surface area contributed by atoms with Gasteiger partial charge in [0.2, 0.25) is 10.0 Å². The number of carbonyl (C=O) groups is 1. The van der Waals surface area contributed by atoms with Gasteiger partial charge in [-0.2, -0.15) is 0 Å². The van der Waals surface area contributed by atoms with Gasteiger partial charge >= 0.3 is 0 Å². The highest BCUT2D eigenvalue weighted by Crippen LogP contribution is 2.13. The Morgan fingerprint density at radius 1 is 1.12 bits per heavy atom. The first-order valence-electron chi connectivity index (χ1n) is 8.86. The van der Waals surface area contributed by atoms with Crippen LogP contribution in [-0.2, 0) is 10.0 Å². The number of ether oxygens (including phenoxy) is 1. The number of hydrogen-bond donors (Lipinski definition) is 2. The topological polar surface area (TPSA) is 84.5 Å². The van der Waals surface area contributed by atoms with Crippen LogP contribution in [0.3, 0.4) is 0 Å².